The van der Waals surface area contributed by atoms with Gasteiger partial charge in [0.1, 0.15) is 0 Å². The molecule has 1 aromatic heterocycles. The van der Waals surface area contributed by atoms with Crippen molar-refractivity contribution in [3.8, 4) is 56.2 Å². The topological polar surface area (TPSA) is 25.8 Å². The zero-order valence-electron chi connectivity index (χ0n) is 31.4. The Hall–Kier alpha value is -7.07. The van der Waals surface area contributed by atoms with Gasteiger partial charge in [0.25, 0.3) is 0 Å². The molecule has 0 unspecified atom stereocenters. The molecule has 1 spiro atoms. The second-order valence-electron chi connectivity index (χ2n) is 15.2. The van der Waals surface area contributed by atoms with Gasteiger partial charge in [-0.3, -0.25) is 0 Å². The molecule has 270 valence electrons. The summed E-state index contributed by atoms with van der Waals surface area (Å²) in [5.74, 6) is 0.717. The number of hydrogen-bond acceptors (Lipinski definition) is 3. The fourth-order valence-electron chi connectivity index (χ4n) is 9.57. The molecule has 9 aromatic carbocycles. The fourth-order valence-corrected chi connectivity index (χ4v) is 11.0. The summed E-state index contributed by atoms with van der Waals surface area (Å²) < 4.78 is 0. The summed E-state index contributed by atoms with van der Waals surface area (Å²) in [6, 6.07) is 74.9. The molecule has 58 heavy (non-hydrogen) atoms. The first-order valence-corrected chi connectivity index (χ1v) is 20.6. The minimum Gasteiger partial charge on any atom is -0.228 e. The van der Waals surface area contributed by atoms with Crippen LogP contribution < -0.4 is 0 Å². The predicted molar refractivity (Wildman–Crippen MR) is 240 cm³/mol. The lowest BCUT2D eigenvalue weighted by molar-refractivity contribution is 0.729. The first-order valence-electron chi connectivity index (χ1n) is 19.8. The quantitative estimate of drug-likeness (QED) is 0.179. The van der Waals surface area contributed by atoms with Crippen LogP contribution in [-0.4, -0.2) is 9.97 Å². The molecule has 0 atom stereocenters. The van der Waals surface area contributed by atoms with Crippen LogP contribution in [0.4, 0.5) is 0 Å². The van der Waals surface area contributed by atoms with Crippen molar-refractivity contribution in [1.29, 1.82) is 0 Å². The van der Waals surface area contributed by atoms with Crippen molar-refractivity contribution in [1.82, 2.24) is 9.97 Å². The predicted octanol–water partition coefficient (Wildman–Crippen LogP) is 14.3. The van der Waals surface area contributed by atoms with Gasteiger partial charge in [-0.15, -0.1) is 0 Å². The van der Waals surface area contributed by atoms with Crippen molar-refractivity contribution in [2.24, 2.45) is 0 Å². The minimum atomic E-state index is -0.556. The second-order valence-corrected chi connectivity index (χ2v) is 16.2. The maximum absolute atomic E-state index is 5.44. The normalized spacial score (nSPS) is 13.2. The highest BCUT2D eigenvalue weighted by atomic mass is 32.2. The Morgan fingerprint density at radius 3 is 1.48 bits per heavy atom. The second kappa shape index (κ2) is 13.0. The zero-order valence-corrected chi connectivity index (χ0v) is 32.2. The van der Waals surface area contributed by atoms with Gasteiger partial charge in [-0.25, -0.2) is 9.97 Å². The molecule has 0 bridgehead atoms. The van der Waals surface area contributed by atoms with E-state index >= 15 is 0 Å². The smallest absolute Gasteiger partial charge is 0.161 e. The number of benzene rings is 9. The van der Waals surface area contributed by atoms with Crippen LogP contribution in [-0.2, 0) is 5.41 Å². The number of hydrogen-bond donors (Lipinski definition) is 0. The van der Waals surface area contributed by atoms with Gasteiger partial charge in [-0.05, 0) is 72.1 Å². The number of aromatic nitrogens is 2. The molecular formula is C55H34N2S. The molecule has 0 N–H and O–H groups in total. The lowest BCUT2D eigenvalue weighted by Gasteiger charge is -2.40. The average Bonchev–Trinajstić information content (AvgIpc) is 3.60. The largest absolute Gasteiger partial charge is 0.228 e. The van der Waals surface area contributed by atoms with Crippen molar-refractivity contribution in [3.05, 3.63) is 229 Å². The van der Waals surface area contributed by atoms with Crippen LogP contribution in [0.25, 0.3) is 77.7 Å². The number of fused-ring (bicyclic) bond motifs is 13. The molecule has 0 saturated heterocycles. The maximum Gasteiger partial charge on any atom is 0.161 e. The molecule has 2 heterocycles. The van der Waals surface area contributed by atoms with Crippen molar-refractivity contribution in [3.63, 3.8) is 0 Å². The Morgan fingerprint density at radius 1 is 0.345 bits per heavy atom. The number of rotatable bonds is 4. The molecule has 3 heteroatoms. The van der Waals surface area contributed by atoms with E-state index in [0.29, 0.717) is 0 Å². The van der Waals surface area contributed by atoms with Gasteiger partial charge < -0.3 is 0 Å². The van der Waals surface area contributed by atoms with Gasteiger partial charge in [0.2, 0.25) is 0 Å². The van der Waals surface area contributed by atoms with Crippen LogP contribution in [0.15, 0.2) is 216 Å². The highest BCUT2D eigenvalue weighted by Gasteiger charge is 2.51. The molecule has 12 rings (SSSR count). The molecule has 0 saturated carbocycles. The van der Waals surface area contributed by atoms with Gasteiger partial charge in [0.05, 0.1) is 16.8 Å². The first kappa shape index (κ1) is 33.1. The SMILES string of the molecule is c1ccc(-c2ccc(-c3cc(-c4ccccc4)nc(-c4cccc5c4-c4ccccc4C54c5ccc6ccccc6c5Sc5c4ccc4ccccc54)n3)cc2)cc1. The van der Waals surface area contributed by atoms with Crippen LogP contribution in [0.3, 0.4) is 0 Å². The molecule has 10 aromatic rings. The van der Waals surface area contributed by atoms with Crippen LogP contribution in [0.1, 0.15) is 22.3 Å². The average molecular weight is 755 g/mol. The Kier molecular flexibility index (Phi) is 7.41. The van der Waals surface area contributed by atoms with E-state index in [1.807, 2.05) is 11.8 Å². The standard InChI is InChI=1S/C55H34N2S/c1-3-14-35(15-4-1)36-26-28-40(29-27-36)50-34-49(39-18-5-2-6-19-39)56-54(57-50)44-23-13-25-46-51(44)43-22-11-12-24-45(43)55(46)47-32-30-37-16-7-9-20-41(37)52(47)58-53-42-21-10-8-17-38(42)31-33-48(53)55/h1-34H. The summed E-state index contributed by atoms with van der Waals surface area (Å²) in [5, 5.41) is 5.07. The Bertz CT molecular complexity index is 3160. The first-order chi connectivity index (χ1) is 28.8. The third-order valence-corrected chi connectivity index (χ3v) is 13.5. The van der Waals surface area contributed by atoms with Gasteiger partial charge in [0, 0.05) is 26.5 Å². The molecule has 2 aliphatic rings. The van der Waals surface area contributed by atoms with Crippen molar-refractivity contribution in [2.45, 2.75) is 15.2 Å². The summed E-state index contributed by atoms with van der Waals surface area (Å²) >= 11 is 1.93. The van der Waals surface area contributed by atoms with Crippen LogP contribution in [0, 0.1) is 0 Å². The van der Waals surface area contributed by atoms with Crippen LogP contribution >= 0.6 is 11.8 Å². The summed E-state index contributed by atoms with van der Waals surface area (Å²) in [7, 11) is 0. The minimum absolute atomic E-state index is 0.556. The third kappa shape index (κ3) is 4.87. The van der Waals surface area contributed by atoms with E-state index in [-0.39, 0.29) is 0 Å². The summed E-state index contributed by atoms with van der Waals surface area (Å²) in [6.45, 7) is 0. The number of nitrogens with zero attached hydrogens (tertiary/aromatic N) is 2. The Balaban J connectivity index is 1.14. The van der Waals surface area contributed by atoms with E-state index in [9.17, 15) is 0 Å². The van der Waals surface area contributed by atoms with E-state index < -0.39 is 5.41 Å². The monoisotopic (exact) mass is 754 g/mol. The Labute approximate surface area is 341 Å². The highest BCUT2D eigenvalue weighted by molar-refractivity contribution is 8.00. The molecule has 2 nitrogen and oxygen atoms in total. The fraction of sp³-hybridized carbons (Fsp3) is 0.0182. The van der Waals surface area contributed by atoms with Crippen LogP contribution in [0.5, 0.6) is 0 Å². The summed E-state index contributed by atoms with van der Waals surface area (Å²) in [4.78, 5) is 13.5. The lowest BCUT2D eigenvalue weighted by Crippen LogP contribution is -2.32. The molecule has 1 aliphatic carbocycles. The zero-order chi connectivity index (χ0) is 38.2. The van der Waals surface area contributed by atoms with Gasteiger partial charge in [-0.2, -0.15) is 0 Å². The van der Waals surface area contributed by atoms with E-state index in [1.54, 1.807) is 0 Å². The van der Waals surface area contributed by atoms with Crippen molar-refractivity contribution >= 4 is 33.3 Å². The van der Waals surface area contributed by atoms with E-state index in [2.05, 4.69) is 206 Å². The summed E-state index contributed by atoms with van der Waals surface area (Å²) in [5.41, 5.74) is 14.4. The van der Waals surface area contributed by atoms with E-state index in [1.165, 1.54) is 75.8 Å². The maximum atomic E-state index is 5.44. The van der Waals surface area contributed by atoms with Crippen LogP contribution in [0.2, 0.25) is 0 Å². The van der Waals surface area contributed by atoms with Gasteiger partial charge in [0.15, 0.2) is 5.82 Å². The molecule has 0 fully saturated rings. The molecule has 0 radical (unpaired) electrons. The molecule has 1 aliphatic heterocycles. The third-order valence-electron chi connectivity index (χ3n) is 12.2. The van der Waals surface area contributed by atoms with E-state index in [4.69, 9.17) is 9.97 Å². The van der Waals surface area contributed by atoms with E-state index in [0.717, 1.165) is 33.9 Å². The van der Waals surface area contributed by atoms with Gasteiger partial charge in [-0.1, -0.05) is 212 Å². The highest BCUT2D eigenvalue weighted by Crippen LogP contribution is 2.65. The molecular weight excluding hydrogens is 721 g/mol. The lowest BCUT2D eigenvalue weighted by atomic mass is 9.66. The Morgan fingerprint density at radius 2 is 0.828 bits per heavy atom. The van der Waals surface area contributed by atoms with Crippen molar-refractivity contribution < 1.29 is 0 Å². The summed E-state index contributed by atoms with van der Waals surface area (Å²) in [6.07, 6.45) is 0. The van der Waals surface area contributed by atoms with Crippen molar-refractivity contribution in [2.75, 3.05) is 0 Å². The molecule has 0 amide bonds. The van der Waals surface area contributed by atoms with Gasteiger partial charge >= 0.3 is 0 Å².